The second-order valence-electron chi connectivity index (χ2n) is 2.71. The number of carbonyl (C=O) groups excluding carboxylic acids is 1. The molecule has 0 aromatic rings. The molecule has 2 amide bonds. The van der Waals surface area contributed by atoms with E-state index in [1.807, 2.05) is 13.1 Å². The van der Waals surface area contributed by atoms with E-state index in [9.17, 15) is 4.79 Å². The minimum Gasteiger partial charge on any atom is -0.478 e. The van der Waals surface area contributed by atoms with Gasteiger partial charge in [0.05, 0.1) is 0 Å². The van der Waals surface area contributed by atoms with Crippen LogP contribution in [0, 0.1) is 6.08 Å². The van der Waals surface area contributed by atoms with E-state index in [1.165, 1.54) is 0 Å². The molecule has 0 saturated carbocycles. The van der Waals surface area contributed by atoms with Gasteiger partial charge in [0, 0.05) is 52.3 Å². The van der Waals surface area contributed by atoms with Gasteiger partial charge in [-0.2, -0.15) is 0 Å². The van der Waals surface area contributed by atoms with Gasteiger partial charge in [-0.15, -0.1) is 6.54 Å². The van der Waals surface area contributed by atoms with Gasteiger partial charge >= 0.3 is 6.03 Å². The molecule has 11 heavy (non-hydrogen) atoms. The Morgan fingerprint density at radius 2 is 2.45 bits per heavy atom. The predicted octanol–water partition coefficient (Wildman–Crippen LogP) is 0.0929. The summed E-state index contributed by atoms with van der Waals surface area (Å²) in [5, 5.41) is 0. The average molecular weight is 226 g/mol. The fourth-order valence-electron chi connectivity index (χ4n) is 1.39. The Balaban J connectivity index is 0.000000605. The first-order chi connectivity index (χ1) is 4.79. The molecule has 1 radical (unpaired) electrons. The van der Waals surface area contributed by atoms with E-state index >= 15 is 0 Å². The molecule has 2 aliphatic rings. The summed E-state index contributed by atoms with van der Waals surface area (Å²) >= 11 is 0. The number of nitrogens with zero attached hydrogens (tertiary/aromatic N) is 2. The predicted molar refractivity (Wildman–Crippen MR) is 36.3 cm³/mol. The number of rotatable bonds is 0. The Morgan fingerprint density at radius 1 is 1.73 bits per heavy atom. The van der Waals surface area contributed by atoms with E-state index < -0.39 is 0 Å². The summed E-state index contributed by atoms with van der Waals surface area (Å²) in [6.45, 7) is 1.52. The van der Waals surface area contributed by atoms with Crippen LogP contribution in [0.3, 0.4) is 0 Å². The molecule has 0 aromatic carbocycles. The molecule has 1 fully saturated rings. The summed E-state index contributed by atoms with van der Waals surface area (Å²) < 4.78 is 0. The first-order valence-electron chi connectivity index (χ1n) is 3.37. The third-order valence-corrected chi connectivity index (χ3v) is 2.07. The molecular formula is C7H9N2OY-. The van der Waals surface area contributed by atoms with E-state index in [1.54, 1.807) is 9.80 Å². The smallest absolute Gasteiger partial charge is 0.317 e. The summed E-state index contributed by atoms with van der Waals surface area (Å²) in [5.41, 5.74) is 0. The molecule has 2 heterocycles. The number of amides is 2. The molecule has 1 atom stereocenters. The Labute approximate surface area is 91.3 Å². The monoisotopic (exact) mass is 226 g/mol. The standard InChI is InChI=1S/C7H9N2O.Y/c1-8-6-3-2-4-9(5-6)7(8)10;/h3,6H,4-5H2,1H3;/q-1;. The first-order valence-corrected chi connectivity index (χ1v) is 3.37. The third kappa shape index (κ3) is 1.36. The van der Waals surface area contributed by atoms with Crippen molar-refractivity contribution >= 4 is 6.03 Å². The molecule has 2 rings (SSSR count). The Morgan fingerprint density at radius 3 is 3.00 bits per heavy atom. The van der Waals surface area contributed by atoms with Crippen LogP contribution >= 0.6 is 0 Å². The van der Waals surface area contributed by atoms with Gasteiger partial charge in [0.2, 0.25) is 0 Å². The van der Waals surface area contributed by atoms with Crippen LogP contribution in [0.1, 0.15) is 0 Å². The van der Waals surface area contributed by atoms with E-state index in [-0.39, 0.29) is 44.8 Å². The van der Waals surface area contributed by atoms with Gasteiger partial charge in [0.1, 0.15) is 0 Å². The zero-order valence-corrected chi connectivity index (χ0v) is 9.29. The van der Waals surface area contributed by atoms with Crippen LogP contribution in [0.25, 0.3) is 0 Å². The molecule has 0 aromatic heterocycles. The van der Waals surface area contributed by atoms with Gasteiger partial charge in [0.25, 0.3) is 0 Å². The fraction of sp³-hybridized carbons (Fsp3) is 0.571. The largest absolute Gasteiger partial charge is 0.478 e. The van der Waals surface area contributed by atoms with Gasteiger partial charge in [-0.3, -0.25) is 0 Å². The van der Waals surface area contributed by atoms with Crippen molar-refractivity contribution in [3.8, 4) is 0 Å². The zero-order chi connectivity index (χ0) is 7.14. The van der Waals surface area contributed by atoms with Gasteiger partial charge in [-0.25, -0.2) is 10.9 Å². The summed E-state index contributed by atoms with van der Waals surface area (Å²) in [4.78, 5) is 14.7. The topological polar surface area (TPSA) is 23.6 Å². The summed E-state index contributed by atoms with van der Waals surface area (Å²) in [6, 6.07) is 0.410. The molecule has 3 nitrogen and oxygen atoms in total. The van der Waals surface area contributed by atoms with Gasteiger partial charge in [-0.05, 0) is 0 Å². The first kappa shape index (κ1) is 9.20. The van der Waals surface area contributed by atoms with Crippen LogP contribution in [0.4, 0.5) is 4.79 Å². The molecule has 0 spiro atoms. The quantitative estimate of drug-likeness (QED) is 0.537. The fourth-order valence-corrected chi connectivity index (χ4v) is 1.39. The van der Waals surface area contributed by atoms with Crippen LogP contribution in [-0.2, 0) is 32.7 Å². The van der Waals surface area contributed by atoms with Gasteiger partial charge in [-0.1, -0.05) is 0 Å². The number of carbonyl (C=O) groups is 1. The number of urea groups is 1. The molecule has 0 aliphatic carbocycles. The molecule has 0 N–H and O–H groups in total. The Hall–Kier alpha value is 0.114. The van der Waals surface area contributed by atoms with Gasteiger partial charge in [0.15, 0.2) is 0 Å². The minimum atomic E-state index is 0. The molecule has 1 unspecified atom stereocenters. The summed E-state index contributed by atoms with van der Waals surface area (Å²) in [7, 11) is 1.83. The maximum Gasteiger partial charge on any atom is 0.317 e. The molecule has 2 bridgehead atoms. The van der Waals surface area contributed by atoms with Crippen molar-refractivity contribution in [2.75, 3.05) is 20.1 Å². The van der Waals surface area contributed by atoms with Crippen molar-refractivity contribution in [1.29, 1.82) is 0 Å². The van der Waals surface area contributed by atoms with E-state index in [0.717, 1.165) is 6.54 Å². The number of hydrogen-bond acceptors (Lipinski definition) is 1. The van der Waals surface area contributed by atoms with Crippen molar-refractivity contribution < 1.29 is 37.5 Å². The van der Waals surface area contributed by atoms with Crippen LogP contribution in [0.15, 0.2) is 6.08 Å². The van der Waals surface area contributed by atoms with Crippen molar-refractivity contribution in [2.24, 2.45) is 0 Å². The Kier molecular flexibility index (Phi) is 2.71. The van der Waals surface area contributed by atoms with Crippen LogP contribution < -0.4 is 0 Å². The minimum absolute atomic E-state index is 0. The van der Waals surface area contributed by atoms with E-state index in [2.05, 4.69) is 6.08 Å². The number of hydrogen-bond donors (Lipinski definition) is 0. The van der Waals surface area contributed by atoms with Crippen LogP contribution in [-0.4, -0.2) is 42.0 Å². The second kappa shape index (κ2) is 3.24. The average Bonchev–Trinajstić information content (AvgIpc) is 2.17. The zero-order valence-electron chi connectivity index (χ0n) is 6.45. The van der Waals surface area contributed by atoms with Crippen molar-refractivity contribution in [1.82, 2.24) is 9.80 Å². The molecule has 57 valence electrons. The van der Waals surface area contributed by atoms with Crippen molar-refractivity contribution in [3.63, 3.8) is 0 Å². The van der Waals surface area contributed by atoms with Crippen molar-refractivity contribution in [2.45, 2.75) is 6.04 Å². The van der Waals surface area contributed by atoms with E-state index in [4.69, 9.17) is 0 Å². The number of fused-ring (bicyclic) bond motifs is 2. The maximum absolute atomic E-state index is 11.2. The second-order valence-corrected chi connectivity index (χ2v) is 2.71. The third-order valence-electron chi connectivity index (χ3n) is 2.07. The van der Waals surface area contributed by atoms with Crippen LogP contribution in [0.5, 0.6) is 0 Å². The van der Waals surface area contributed by atoms with Crippen LogP contribution in [0.2, 0.25) is 0 Å². The molecule has 4 heteroatoms. The number of likely N-dealkylation sites (N-methyl/N-ethyl adjacent to an activating group) is 1. The molecule has 2 aliphatic heterocycles. The molecular weight excluding hydrogens is 217 g/mol. The Bertz CT molecular complexity index is 201. The SMILES string of the molecule is CN1C(=O)N2C[C-]=CC1C2.[Y]. The summed E-state index contributed by atoms with van der Waals surface area (Å²) in [6.07, 6.45) is 5.02. The van der Waals surface area contributed by atoms with E-state index in [0.29, 0.717) is 6.54 Å². The summed E-state index contributed by atoms with van der Waals surface area (Å²) in [5.74, 6) is 0. The molecule has 1 saturated heterocycles. The maximum atomic E-state index is 11.2. The van der Waals surface area contributed by atoms with Crippen molar-refractivity contribution in [3.05, 3.63) is 12.2 Å². The van der Waals surface area contributed by atoms with Gasteiger partial charge < -0.3 is 15.9 Å². The normalized spacial score (nSPS) is 27.4.